The summed E-state index contributed by atoms with van der Waals surface area (Å²) in [5.41, 5.74) is 1.45. The summed E-state index contributed by atoms with van der Waals surface area (Å²) in [7, 11) is 3.44. The van der Waals surface area contributed by atoms with E-state index in [4.69, 9.17) is 9.47 Å². The van der Waals surface area contributed by atoms with Gasteiger partial charge in [-0.05, 0) is 49.5 Å². The van der Waals surface area contributed by atoms with Gasteiger partial charge in [0.15, 0.2) is 11.6 Å². The van der Waals surface area contributed by atoms with Crippen LogP contribution in [-0.4, -0.2) is 70.9 Å². The van der Waals surface area contributed by atoms with Crippen molar-refractivity contribution in [2.24, 2.45) is 24.8 Å². The van der Waals surface area contributed by atoms with Crippen LogP contribution in [0.5, 0.6) is 5.75 Å². The third-order valence-electron chi connectivity index (χ3n) is 7.99. The maximum atomic E-state index is 14.8. The molecule has 0 spiro atoms. The minimum absolute atomic E-state index is 0.354. The van der Waals surface area contributed by atoms with E-state index in [0.29, 0.717) is 34.4 Å². The Morgan fingerprint density at radius 2 is 1.89 bits per heavy atom. The molecule has 3 aromatic rings. The van der Waals surface area contributed by atoms with Crippen LogP contribution in [0.3, 0.4) is 0 Å². The Morgan fingerprint density at radius 3 is 2.63 bits per heavy atom. The van der Waals surface area contributed by atoms with Crippen LogP contribution in [0, 0.1) is 23.6 Å². The molecule has 0 amide bonds. The number of hydrogen-bond donors (Lipinski definition) is 1. The Bertz CT molecular complexity index is 1200. The summed E-state index contributed by atoms with van der Waals surface area (Å²) < 4.78 is 27.6. The summed E-state index contributed by atoms with van der Waals surface area (Å²) in [6.07, 6.45) is 6.52. The van der Waals surface area contributed by atoms with Gasteiger partial charge >= 0.3 is 0 Å². The first-order valence-electron chi connectivity index (χ1n) is 12.7. The lowest BCUT2D eigenvalue weighted by atomic mass is 10.00. The molecule has 2 aliphatic heterocycles. The zero-order valence-electron chi connectivity index (χ0n) is 20.4. The molecular weight excluding hydrogens is 447 g/mol. The topological polar surface area (TPSA) is 77.3 Å². The lowest BCUT2D eigenvalue weighted by molar-refractivity contribution is 0.0545. The van der Waals surface area contributed by atoms with Gasteiger partial charge in [0.05, 0.1) is 18.3 Å². The molecule has 0 unspecified atom stereocenters. The molecule has 6 rings (SSSR count). The molecule has 2 atom stereocenters. The normalized spacial score (nSPS) is 23.7. The highest BCUT2D eigenvalue weighted by Gasteiger charge is 2.41. The average molecular weight is 481 g/mol. The molecule has 3 aliphatic rings. The molecule has 4 heterocycles. The molecule has 0 bridgehead atoms. The molecule has 1 aliphatic carbocycles. The average Bonchev–Trinajstić information content (AvgIpc) is 3.51. The SMILES string of the molecule is COc1cc(-c2cc3cn(C)nc3cc2F)nnc1NC1C[C@@H]2CN(CC3CCOCC3)C[C@H]2C1. The van der Waals surface area contributed by atoms with Crippen LogP contribution in [0.4, 0.5) is 10.2 Å². The van der Waals surface area contributed by atoms with Crippen LogP contribution in [0.15, 0.2) is 24.4 Å². The summed E-state index contributed by atoms with van der Waals surface area (Å²) >= 11 is 0. The maximum absolute atomic E-state index is 14.8. The van der Waals surface area contributed by atoms with Crippen molar-refractivity contribution in [1.82, 2.24) is 24.9 Å². The number of hydrogen-bond acceptors (Lipinski definition) is 7. The number of nitrogens with one attached hydrogen (secondary N) is 1. The van der Waals surface area contributed by atoms with Gasteiger partial charge < -0.3 is 19.7 Å². The Balaban J connectivity index is 1.12. The van der Waals surface area contributed by atoms with Gasteiger partial charge in [0.2, 0.25) is 0 Å². The fraction of sp³-hybridized carbons (Fsp3) is 0.577. The number of methoxy groups -OCH3 is 1. The first kappa shape index (κ1) is 22.7. The highest BCUT2D eigenvalue weighted by Crippen LogP contribution is 2.41. The van der Waals surface area contributed by atoms with Crippen molar-refractivity contribution in [2.45, 2.75) is 31.7 Å². The second-order valence-corrected chi connectivity index (χ2v) is 10.4. The number of halogens is 1. The standard InChI is InChI=1S/C26H33FN6O2/c1-32-13-19-9-21(22(27)10-23(19)31-32)24-11-25(34-2)26(30-29-24)28-20-7-17-14-33(15-18(17)8-20)12-16-3-5-35-6-4-16/h9-11,13,16-18,20H,3-8,12,14-15H2,1-2H3,(H,28,30)/t17-,18-/m1/s1. The largest absolute Gasteiger partial charge is 0.493 e. The number of aromatic nitrogens is 4. The number of fused-ring (bicyclic) bond motifs is 2. The van der Waals surface area contributed by atoms with Gasteiger partial charge in [-0.15, -0.1) is 10.2 Å². The van der Waals surface area contributed by atoms with Crippen LogP contribution >= 0.6 is 0 Å². The maximum Gasteiger partial charge on any atom is 0.191 e. The first-order chi connectivity index (χ1) is 17.1. The smallest absolute Gasteiger partial charge is 0.191 e. The van der Waals surface area contributed by atoms with E-state index < -0.39 is 0 Å². The predicted octanol–water partition coefficient (Wildman–Crippen LogP) is 3.73. The molecule has 3 fully saturated rings. The number of anilines is 1. The van der Waals surface area contributed by atoms with Gasteiger partial charge in [0.25, 0.3) is 0 Å². The van der Waals surface area contributed by atoms with Crippen LogP contribution in [0.2, 0.25) is 0 Å². The molecule has 186 valence electrons. The molecule has 1 aromatic carbocycles. The van der Waals surface area contributed by atoms with Crippen LogP contribution < -0.4 is 10.1 Å². The quantitative estimate of drug-likeness (QED) is 0.576. The van der Waals surface area contributed by atoms with Crippen molar-refractivity contribution in [3.05, 3.63) is 30.2 Å². The Morgan fingerprint density at radius 1 is 1.11 bits per heavy atom. The molecule has 1 N–H and O–H groups in total. The number of aryl methyl sites for hydroxylation is 1. The highest BCUT2D eigenvalue weighted by atomic mass is 19.1. The van der Waals surface area contributed by atoms with E-state index in [-0.39, 0.29) is 5.82 Å². The van der Waals surface area contributed by atoms with Crippen molar-refractivity contribution in [3.63, 3.8) is 0 Å². The fourth-order valence-corrected chi connectivity index (χ4v) is 6.28. The molecule has 9 heteroatoms. The predicted molar refractivity (Wildman–Crippen MR) is 132 cm³/mol. The third-order valence-corrected chi connectivity index (χ3v) is 7.99. The molecular formula is C26H33FN6O2. The zero-order chi connectivity index (χ0) is 23.9. The van der Waals surface area contributed by atoms with E-state index >= 15 is 0 Å². The molecule has 1 saturated carbocycles. The van der Waals surface area contributed by atoms with Crippen LogP contribution in [-0.2, 0) is 11.8 Å². The van der Waals surface area contributed by atoms with Gasteiger partial charge in [-0.1, -0.05) is 0 Å². The van der Waals surface area contributed by atoms with E-state index in [1.165, 1.54) is 38.5 Å². The van der Waals surface area contributed by atoms with E-state index in [1.54, 1.807) is 23.9 Å². The van der Waals surface area contributed by atoms with Gasteiger partial charge in [-0.3, -0.25) is 4.68 Å². The summed E-state index contributed by atoms with van der Waals surface area (Å²) in [6, 6.07) is 5.32. The number of ether oxygens (including phenoxy) is 2. The molecule has 35 heavy (non-hydrogen) atoms. The lowest BCUT2D eigenvalue weighted by Gasteiger charge is -2.27. The van der Waals surface area contributed by atoms with Crippen molar-refractivity contribution < 1.29 is 13.9 Å². The lowest BCUT2D eigenvalue weighted by Crippen LogP contribution is -2.32. The van der Waals surface area contributed by atoms with Gasteiger partial charge in [0, 0.05) is 75.2 Å². The van der Waals surface area contributed by atoms with E-state index in [9.17, 15) is 4.39 Å². The minimum atomic E-state index is -0.373. The van der Waals surface area contributed by atoms with Crippen molar-refractivity contribution in [2.75, 3.05) is 45.3 Å². The minimum Gasteiger partial charge on any atom is -0.493 e. The fourth-order valence-electron chi connectivity index (χ4n) is 6.28. The Hall–Kier alpha value is -2.78. The number of likely N-dealkylation sites (tertiary alicyclic amines) is 1. The zero-order valence-corrected chi connectivity index (χ0v) is 20.4. The number of rotatable bonds is 6. The van der Waals surface area contributed by atoms with Gasteiger partial charge in [0.1, 0.15) is 5.82 Å². The van der Waals surface area contributed by atoms with Crippen LogP contribution in [0.25, 0.3) is 22.2 Å². The van der Waals surface area contributed by atoms with E-state index in [1.807, 2.05) is 13.2 Å². The molecule has 0 radical (unpaired) electrons. The highest BCUT2D eigenvalue weighted by molar-refractivity contribution is 5.84. The molecule has 2 saturated heterocycles. The Kier molecular flexibility index (Phi) is 6.06. The summed E-state index contributed by atoms with van der Waals surface area (Å²) in [4.78, 5) is 2.67. The van der Waals surface area contributed by atoms with E-state index in [2.05, 4.69) is 25.5 Å². The van der Waals surface area contributed by atoms with E-state index in [0.717, 1.165) is 49.2 Å². The van der Waals surface area contributed by atoms with Crippen LogP contribution in [0.1, 0.15) is 25.7 Å². The monoisotopic (exact) mass is 480 g/mol. The van der Waals surface area contributed by atoms with Crippen molar-refractivity contribution >= 4 is 16.7 Å². The third kappa shape index (κ3) is 4.59. The summed E-state index contributed by atoms with van der Waals surface area (Å²) in [6.45, 7) is 5.44. The first-order valence-corrected chi connectivity index (χ1v) is 12.7. The molecule has 8 nitrogen and oxygen atoms in total. The second-order valence-electron chi connectivity index (χ2n) is 10.4. The second kappa shape index (κ2) is 9.35. The Labute approximate surface area is 204 Å². The summed E-state index contributed by atoms with van der Waals surface area (Å²) in [5.74, 6) is 3.08. The molecule has 2 aromatic heterocycles. The van der Waals surface area contributed by atoms with Crippen molar-refractivity contribution in [1.29, 1.82) is 0 Å². The number of nitrogens with zero attached hydrogens (tertiary/aromatic N) is 5. The summed E-state index contributed by atoms with van der Waals surface area (Å²) in [5, 5.41) is 17.4. The van der Waals surface area contributed by atoms with Crippen molar-refractivity contribution in [3.8, 4) is 17.0 Å². The van der Waals surface area contributed by atoms with Gasteiger partial charge in [-0.25, -0.2) is 4.39 Å². The number of benzene rings is 1. The van der Waals surface area contributed by atoms with Gasteiger partial charge in [-0.2, -0.15) is 5.10 Å².